The van der Waals surface area contributed by atoms with Crippen LogP contribution < -0.4 is 10.6 Å². The van der Waals surface area contributed by atoms with Crippen LogP contribution in [0.25, 0.3) is 11.5 Å². The van der Waals surface area contributed by atoms with Crippen LogP contribution in [0.5, 0.6) is 0 Å². The van der Waals surface area contributed by atoms with Crippen molar-refractivity contribution in [2.75, 3.05) is 33.4 Å². The van der Waals surface area contributed by atoms with Gasteiger partial charge in [-0.25, -0.2) is 0 Å². The van der Waals surface area contributed by atoms with Crippen molar-refractivity contribution < 1.29 is 9.26 Å². The topological polar surface area (TPSA) is 84.6 Å². The maximum atomic E-state index is 5.30. The van der Waals surface area contributed by atoms with Crippen molar-refractivity contribution in [3.63, 3.8) is 0 Å². The highest BCUT2D eigenvalue weighted by atomic mass is 127. The van der Waals surface area contributed by atoms with Gasteiger partial charge in [-0.15, -0.1) is 24.0 Å². The second-order valence-electron chi connectivity index (χ2n) is 5.44. The van der Waals surface area contributed by atoms with Gasteiger partial charge >= 0.3 is 0 Å². The molecule has 26 heavy (non-hydrogen) atoms. The normalized spacial score (nSPS) is 11.1. The number of halogens is 1. The number of hydrogen-bond donors (Lipinski definition) is 2. The van der Waals surface area contributed by atoms with E-state index in [9.17, 15) is 0 Å². The SMILES string of the molecule is CCOCCNC(=NC)NCCc1ccc(-c2nc(CC)no2)cc1.I. The quantitative estimate of drug-likeness (QED) is 0.252. The summed E-state index contributed by atoms with van der Waals surface area (Å²) >= 11 is 0. The summed E-state index contributed by atoms with van der Waals surface area (Å²) in [5, 5.41) is 10.4. The van der Waals surface area contributed by atoms with Crippen molar-refractivity contribution in [3.8, 4) is 11.5 Å². The number of guanidine groups is 1. The Hall–Kier alpha value is -1.68. The molecule has 0 unspecified atom stereocenters. The summed E-state index contributed by atoms with van der Waals surface area (Å²) in [4.78, 5) is 8.53. The van der Waals surface area contributed by atoms with Gasteiger partial charge in [0, 0.05) is 38.7 Å². The number of aliphatic imine (C=N–C) groups is 1. The Morgan fingerprint density at radius 3 is 2.50 bits per heavy atom. The summed E-state index contributed by atoms with van der Waals surface area (Å²) in [6.45, 7) is 6.94. The lowest BCUT2D eigenvalue weighted by atomic mass is 10.1. The number of aromatic nitrogens is 2. The molecule has 0 saturated carbocycles. The summed E-state index contributed by atoms with van der Waals surface area (Å²) in [5.41, 5.74) is 2.17. The fourth-order valence-electron chi connectivity index (χ4n) is 2.26. The molecule has 0 bridgehead atoms. The van der Waals surface area contributed by atoms with Crippen molar-refractivity contribution >= 4 is 29.9 Å². The lowest BCUT2D eigenvalue weighted by Gasteiger charge is -2.11. The Labute approximate surface area is 172 Å². The Morgan fingerprint density at radius 1 is 1.15 bits per heavy atom. The van der Waals surface area contributed by atoms with Gasteiger partial charge in [-0.2, -0.15) is 4.98 Å². The lowest BCUT2D eigenvalue weighted by Crippen LogP contribution is -2.39. The summed E-state index contributed by atoms with van der Waals surface area (Å²) in [7, 11) is 1.76. The van der Waals surface area contributed by atoms with Crippen molar-refractivity contribution in [3.05, 3.63) is 35.7 Å². The van der Waals surface area contributed by atoms with Gasteiger partial charge in [0.15, 0.2) is 11.8 Å². The average molecular weight is 473 g/mol. The molecule has 0 fully saturated rings. The first-order valence-electron chi connectivity index (χ1n) is 8.71. The zero-order valence-electron chi connectivity index (χ0n) is 15.6. The Morgan fingerprint density at radius 2 is 1.88 bits per heavy atom. The number of nitrogens with one attached hydrogen (secondary N) is 2. The molecule has 1 heterocycles. The van der Waals surface area contributed by atoms with E-state index in [0.29, 0.717) is 12.5 Å². The van der Waals surface area contributed by atoms with Crippen LogP contribution in [0.1, 0.15) is 25.2 Å². The third kappa shape index (κ3) is 7.28. The lowest BCUT2D eigenvalue weighted by molar-refractivity contribution is 0.152. The smallest absolute Gasteiger partial charge is 0.257 e. The molecular formula is C18H28IN5O2. The fraction of sp³-hybridized carbons (Fsp3) is 0.500. The van der Waals surface area contributed by atoms with Crippen molar-refractivity contribution in [1.82, 2.24) is 20.8 Å². The van der Waals surface area contributed by atoms with Gasteiger partial charge in [-0.3, -0.25) is 4.99 Å². The average Bonchev–Trinajstić information content (AvgIpc) is 3.13. The number of benzene rings is 1. The zero-order valence-corrected chi connectivity index (χ0v) is 17.9. The number of aryl methyl sites for hydroxylation is 1. The van der Waals surface area contributed by atoms with Crippen molar-refractivity contribution in [1.29, 1.82) is 0 Å². The van der Waals surface area contributed by atoms with Gasteiger partial charge < -0.3 is 19.9 Å². The molecule has 2 rings (SSSR count). The first-order chi connectivity index (χ1) is 12.3. The molecule has 2 N–H and O–H groups in total. The van der Waals surface area contributed by atoms with Crippen LogP contribution in [0, 0.1) is 0 Å². The molecule has 1 aromatic heterocycles. The van der Waals surface area contributed by atoms with Gasteiger partial charge in [0.1, 0.15) is 0 Å². The highest BCUT2D eigenvalue weighted by Crippen LogP contribution is 2.18. The van der Waals surface area contributed by atoms with E-state index in [1.165, 1.54) is 5.56 Å². The maximum absolute atomic E-state index is 5.30. The molecule has 0 saturated heterocycles. The van der Waals surface area contributed by atoms with Crippen LogP contribution in [0.15, 0.2) is 33.8 Å². The first-order valence-corrected chi connectivity index (χ1v) is 8.71. The molecule has 1 aromatic carbocycles. The highest BCUT2D eigenvalue weighted by Gasteiger charge is 2.07. The summed E-state index contributed by atoms with van der Waals surface area (Å²) in [6, 6.07) is 8.19. The monoisotopic (exact) mass is 473 g/mol. The minimum Gasteiger partial charge on any atom is -0.380 e. The molecule has 0 radical (unpaired) electrons. The van der Waals surface area contributed by atoms with Gasteiger partial charge in [-0.05, 0) is 31.0 Å². The largest absolute Gasteiger partial charge is 0.380 e. The third-order valence-corrected chi connectivity index (χ3v) is 3.66. The van der Waals surface area contributed by atoms with Crippen LogP contribution in [0.2, 0.25) is 0 Å². The van der Waals surface area contributed by atoms with Crippen molar-refractivity contribution in [2.45, 2.75) is 26.7 Å². The number of ether oxygens (including phenoxy) is 1. The van der Waals surface area contributed by atoms with E-state index in [1.807, 2.05) is 26.0 Å². The first kappa shape index (κ1) is 22.4. The molecule has 0 spiro atoms. The summed E-state index contributed by atoms with van der Waals surface area (Å²) in [5.74, 6) is 2.08. The second kappa shape index (κ2) is 12.6. The Kier molecular flexibility index (Phi) is 10.9. The van der Waals surface area contributed by atoms with E-state index in [0.717, 1.165) is 49.9 Å². The van der Waals surface area contributed by atoms with E-state index >= 15 is 0 Å². The van der Waals surface area contributed by atoms with Gasteiger partial charge in [0.25, 0.3) is 5.89 Å². The predicted molar refractivity (Wildman–Crippen MR) is 114 cm³/mol. The molecule has 0 atom stereocenters. The molecule has 8 heteroatoms. The second-order valence-corrected chi connectivity index (χ2v) is 5.44. The number of nitrogens with zero attached hydrogens (tertiary/aromatic N) is 3. The fourth-order valence-corrected chi connectivity index (χ4v) is 2.26. The predicted octanol–water partition coefficient (Wildman–Crippen LogP) is 2.66. The van der Waals surface area contributed by atoms with E-state index in [4.69, 9.17) is 9.26 Å². The zero-order chi connectivity index (χ0) is 17.9. The molecule has 0 aliphatic carbocycles. The highest BCUT2D eigenvalue weighted by molar-refractivity contribution is 14.0. The molecule has 7 nitrogen and oxygen atoms in total. The molecule has 2 aromatic rings. The summed E-state index contributed by atoms with van der Waals surface area (Å²) < 4.78 is 10.6. The van der Waals surface area contributed by atoms with Gasteiger partial charge in [-0.1, -0.05) is 24.2 Å². The van der Waals surface area contributed by atoms with Crippen LogP contribution in [0.3, 0.4) is 0 Å². The van der Waals surface area contributed by atoms with E-state index in [-0.39, 0.29) is 24.0 Å². The van der Waals surface area contributed by atoms with E-state index in [1.54, 1.807) is 7.05 Å². The molecule has 0 aliphatic rings. The minimum atomic E-state index is 0. The van der Waals surface area contributed by atoms with Gasteiger partial charge in [0.2, 0.25) is 0 Å². The molecule has 144 valence electrons. The molecular weight excluding hydrogens is 445 g/mol. The Balaban J connectivity index is 0.00000338. The van der Waals surface area contributed by atoms with E-state index < -0.39 is 0 Å². The number of hydrogen-bond acceptors (Lipinski definition) is 5. The van der Waals surface area contributed by atoms with Crippen LogP contribution >= 0.6 is 24.0 Å². The number of rotatable bonds is 9. The maximum Gasteiger partial charge on any atom is 0.257 e. The van der Waals surface area contributed by atoms with E-state index in [2.05, 4.69) is 37.9 Å². The van der Waals surface area contributed by atoms with Crippen LogP contribution in [-0.2, 0) is 17.6 Å². The minimum absolute atomic E-state index is 0. The third-order valence-electron chi connectivity index (χ3n) is 3.66. The Bertz CT molecular complexity index is 658. The van der Waals surface area contributed by atoms with Crippen LogP contribution in [0.4, 0.5) is 0 Å². The standard InChI is InChI=1S/C18H27N5O2.HI/c1-4-16-22-17(25-23-16)15-8-6-14(7-9-15)10-11-20-18(19-3)21-12-13-24-5-2;/h6-9H,4-5,10-13H2,1-3H3,(H2,19,20,21);1H. The van der Waals surface area contributed by atoms with Gasteiger partial charge in [0.05, 0.1) is 6.61 Å². The van der Waals surface area contributed by atoms with Crippen LogP contribution in [-0.4, -0.2) is 49.5 Å². The molecule has 0 aliphatic heterocycles. The summed E-state index contributed by atoms with van der Waals surface area (Å²) in [6.07, 6.45) is 1.67. The molecule has 0 amide bonds. The van der Waals surface area contributed by atoms with Crippen molar-refractivity contribution in [2.24, 2.45) is 4.99 Å².